The van der Waals surface area contributed by atoms with Gasteiger partial charge in [0.25, 0.3) is 0 Å². The summed E-state index contributed by atoms with van der Waals surface area (Å²) >= 11 is 5.99. The van der Waals surface area contributed by atoms with Crippen molar-refractivity contribution in [3.8, 4) is 0 Å². The number of halogens is 1. The smallest absolute Gasteiger partial charge is 0.250 e. The summed E-state index contributed by atoms with van der Waals surface area (Å²) in [6.45, 7) is 0.709. The number of anilines is 2. The molecule has 1 spiro atoms. The Morgan fingerprint density at radius 3 is 2.55 bits per heavy atom. The van der Waals surface area contributed by atoms with E-state index in [9.17, 15) is 14.4 Å². The number of carbonyl (C=O) groups is 3. The molecule has 146 valence electrons. The first-order valence-corrected chi connectivity index (χ1v) is 10.2. The van der Waals surface area contributed by atoms with Gasteiger partial charge in [0.15, 0.2) is 0 Å². The first-order valence-electron chi connectivity index (χ1n) is 9.86. The van der Waals surface area contributed by atoms with Crippen LogP contribution in [0.25, 0.3) is 0 Å². The minimum Gasteiger partial charge on any atom is -0.324 e. The van der Waals surface area contributed by atoms with Gasteiger partial charge < -0.3 is 5.32 Å². The van der Waals surface area contributed by atoms with E-state index in [2.05, 4.69) is 10.2 Å². The van der Waals surface area contributed by atoms with Crippen molar-refractivity contribution in [3.63, 3.8) is 0 Å². The lowest BCUT2D eigenvalue weighted by Gasteiger charge is -2.36. The second-order valence-electron chi connectivity index (χ2n) is 8.16. The van der Waals surface area contributed by atoms with Crippen molar-refractivity contribution in [1.29, 1.82) is 0 Å². The first kappa shape index (κ1) is 17.2. The number of fused-ring (bicyclic) bond motifs is 7. The Balaban J connectivity index is 1.55. The average Bonchev–Trinajstić information content (AvgIpc) is 3.41. The van der Waals surface area contributed by atoms with Gasteiger partial charge in [-0.1, -0.05) is 29.8 Å². The van der Waals surface area contributed by atoms with Gasteiger partial charge in [0.05, 0.1) is 17.5 Å². The molecule has 1 N–H and O–H groups in total. The van der Waals surface area contributed by atoms with E-state index in [1.165, 1.54) is 4.90 Å². The Hall–Kier alpha value is -2.70. The number of nitrogens with one attached hydrogen (secondary N) is 1. The number of carbonyl (C=O) groups excluding carboxylic acids is 3. The third-order valence-electron chi connectivity index (χ3n) is 6.98. The average molecular weight is 408 g/mol. The van der Waals surface area contributed by atoms with Crippen molar-refractivity contribution in [2.75, 3.05) is 16.8 Å². The molecule has 4 aliphatic rings. The number of rotatable bonds is 1. The van der Waals surface area contributed by atoms with Crippen molar-refractivity contribution < 1.29 is 14.4 Å². The van der Waals surface area contributed by atoms with E-state index >= 15 is 0 Å². The van der Waals surface area contributed by atoms with E-state index in [-0.39, 0.29) is 23.8 Å². The fourth-order valence-electron chi connectivity index (χ4n) is 6.00. The predicted molar refractivity (Wildman–Crippen MR) is 107 cm³/mol. The van der Waals surface area contributed by atoms with Gasteiger partial charge in [-0.05, 0) is 49.7 Å². The van der Waals surface area contributed by atoms with Crippen LogP contribution in [0.2, 0.25) is 5.02 Å². The van der Waals surface area contributed by atoms with Crippen molar-refractivity contribution in [2.24, 2.45) is 11.8 Å². The highest BCUT2D eigenvalue weighted by Gasteiger charge is 2.74. The Bertz CT molecular complexity index is 1080. The Labute approximate surface area is 172 Å². The normalized spacial score (nSPS) is 32.7. The lowest BCUT2D eigenvalue weighted by molar-refractivity contribution is -0.135. The number of amides is 3. The van der Waals surface area contributed by atoms with Gasteiger partial charge in [-0.25, -0.2) is 4.90 Å². The lowest BCUT2D eigenvalue weighted by atomic mass is 9.75. The number of nitrogens with zero attached hydrogens (tertiary/aromatic N) is 2. The van der Waals surface area contributed by atoms with E-state index in [1.807, 2.05) is 24.3 Å². The van der Waals surface area contributed by atoms with Crippen molar-refractivity contribution >= 4 is 40.7 Å². The van der Waals surface area contributed by atoms with E-state index in [1.54, 1.807) is 24.3 Å². The maximum absolute atomic E-state index is 13.7. The van der Waals surface area contributed by atoms with Crippen LogP contribution in [-0.4, -0.2) is 35.2 Å². The van der Waals surface area contributed by atoms with Crippen LogP contribution in [0.4, 0.5) is 11.4 Å². The minimum atomic E-state index is -1.11. The molecule has 4 heterocycles. The second-order valence-corrected chi connectivity index (χ2v) is 8.60. The molecule has 3 saturated heterocycles. The Kier molecular flexibility index (Phi) is 3.36. The van der Waals surface area contributed by atoms with Gasteiger partial charge in [-0.3, -0.25) is 19.3 Å². The maximum atomic E-state index is 13.7. The molecule has 7 heteroatoms. The zero-order chi connectivity index (χ0) is 19.9. The molecule has 4 atom stereocenters. The second kappa shape index (κ2) is 5.68. The summed E-state index contributed by atoms with van der Waals surface area (Å²) in [6, 6.07) is 14.1. The molecule has 6 rings (SSSR count). The highest BCUT2D eigenvalue weighted by molar-refractivity contribution is 6.31. The summed E-state index contributed by atoms with van der Waals surface area (Å²) in [5.41, 5.74) is 0.929. The molecule has 4 aliphatic heterocycles. The standard InChI is InChI=1S/C22H18ClN3O3/c23-12-7-9-13(10-8-12)26-19(27)17-16-6-3-11-25(16)22(18(17)20(26)28)14-4-1-2-5-15(14)24-21(22)29/h1-2,4-5,7-10,16-18H,3,6,11H2,(H,24,29)/t16-,17-,18+,22-/m1/s1. The van der Waals surface area contributed by atoms with Gasteiger partial charge in [-0.2, -0.15) is 0 Å². The van der Waals surface area contributed by atoms with E-state index in [0.29, 0.717) is 17.3 Å². The van der Waals surface area contributed by atoms with Crippen molar-refractivity contribution in [3.05, 3.63) is 59.1 Å². The molecule has 0 unspecified atom stereocenters. The molecule has 0 aromatic heterocycles. The van der Waals surface area contributed by atoms with E-state index < -0.39 is 17.4 Å². The SMILES string of the molecule is O=C1[C@@H]2[C@H]3CCCN3[C@@]3(C(=O)Nc4ccccc43)[C@@H]2C(=O)N1c1ccc(Cl)cc1. The molecule has 2 aromatic rings. The zero-order valence-corrected chi connectivity index (χ0v) is 16.2. The summed E-state index contributed by atoms with van der Waals surface area (Å²) in [5, 5.41) is 3.51. The molecule has 3 fully saturated rings. The summed E-state index contributed by atoms with van der Waals surface area (Å²) < 4.78 is 0. The van der Waals surface area contributed by atoms with Crippen LogP contribution in [0.15, 0.2) is 48.5 Å². The quantitative estimate of drug-likeness (QED) is 0.738. The van der Waals surface area contributed by atoms with Crippen LogP contribution in [-0.2, 0) is 19.9 Å². The summed E-state index contributed by atoms with van der Waals surface area (Å²) in [6.07, 6.45) is 1.72. The number of hydrogen-bond donors (Lipinski definition) is 1. The lowest BCUT2D eigenvalue weighted by Crippen LogP contribution is -2.54. The predicted octanol–water partition coefficient (Wildman–Crippen LogP) is 2.77. The van der Waals surface area contributed by atoms with Crippen LogP contribution in [0.3, 0.4) is 0 Å². The van der Waals surface area contributed by atoms with Gasteiger partial charge in [0, 0.05) is 22.3 Å². The van der Waals surface area contributed by atoms with Crippen molar-refractivity contribution in [1.82, 2.24) is 4.90 Å². The molecule has 0 saturated carbocycles. The molecule has 3 amide bonds. The molecule has 29 heavy (non-hydrogen) atoms. The van der Waals surface area contributed by atoms with E-state index in [4.69, 9.17) is 11.6 Å². The van der Waals surface area contributed by atoms with Crippen LogP contribution >= 0.6 is 11.6 Å². The number of benzene rings is 2. The molecule has 6 nitrogen and oxygen atoms in total. The molecular weight excluding hydrogens is 390 g/mol. The summed E-state index contributed by atoms with van der Waals surface area (Å²) in [7, 11) is 0. The molecular formula is C22H18ClN3O3. The minimum absolute atomic E-state index is 0.106. The molecule has 2 aromatic carbocycles. The van der Waals surface area contributed by atoms with Crippen LogP contribution in [0.5, 0.6) is 0 Å². The van der Waals surface area contributed by atoms with Crippen LogP contribution in [0.1, 0.15) is 18.4 Å². The third-order valence-corrected chi connectivity index (χ3v) is 7.24. The van der Waals surface area contributed by atoms with Crippen molar-refractivity contribution in [2.45, 2.75) is 24.4 Å². The highest BCUT2D eigenvalue weighted by atomic mass is 35.5. The number of hydrogen-bond acceptors (Lipinski definition) is 4. The Morgan fingerprint density at radius 2 is 1.76 bits per heavy atom. The van der Waals surface area contributed by atoms with Crippen LogP contribution < -0.4 is 10.2 Å². The zero-order valence-electron chi connectivity index (χ0n) is 15.5. The fraction of sp³-hybridized carbons (Fsp3) is 0.318. The van der Waals surface area contributed by atoms with Gasteiger partial charge >= 0.3 is 0 Å². The van der Waals surface area contributed by atoms with Gasteiger partial charge in [0.2, 0.25) is 17.7 Å². The fourth-order valence-corrected chi connectivity index (χ4v) is 6.13. The number of para-hydroxylation sites is 1. The third kappa shape index (κ3) is 1.93. The van der Waals surface area contributed by atoms with Gasteiger partial charge in [-0.15, -0.1) is 0 Å². The molecule has 0 radical (unpaired) electrons. The topological polar surface area (TPSA) is 69.7 Å². The summed E-state index contributed by atoms with van der Waals surface area (Å²) in [5.74, 6) is -1.95. The first-order chi connectivity index (χ1) is 14.0. The largest absolute Gasteiger partial charge is 0.324 e. The van der Waals surface area contributed by atoms with Gasteiger partial charge in [0.1, 0.15) is 5.54 Å². The maximum Gasteiger partial charge on any atom is 0.250 e. The Morgan fingerprint density at radius 1 is 1.00 bits per heavy atom. The number of imide groups is 1. The van der Waals surface area contributed by atoms with E-state index in [0.717, 1.165) is 24.1 Å². The van der Waals surface area contributed by atoms with Crippen LogP contribution in [0, 0.1) is 11.8 Å². The highest BCUT2D eigenvalue weighted by Crippen LogP contribution is 2.60. The molecule has 0 aliphatic carbocycles. The monoisotopic (exact) mass is 407 g/mol. The summed E-state index contributed by atoms with van der Waals surface area (Å²) in [4.78, 5) is 44.0. The molecule has 0 bridgehead atoms.